The van der Waals surface area contributed by atoms with Gasteiger partial charge in [0.1, 0.15) is 0 Å². The summed E-state index contributed by atoms with van der Waals surface area (Å²) in [6.07, 6.45) is 0.169. The first kappa shape index (κ1) is 14.2. The largest absolute Gasteiger partial charge is 0.464 e. The first-order valence-electron chi connectivity index (χ1n) is 5.07. The topological polar surface area (TPSA) is 46.5 Å². The van der Waals surface area contributed by atoms with Gasteiger partial charge in [-0.05, 0) is 25.1 Å². The monoisotopic (exact) mass is 228 g/mol. The van der Waals surface area contributed by atoms with Crippen molar-refractivity contribution in [3.05, 3.63) is 17.0 Å². The minimum atomic E-state index is -1.37. The molecule has 0 aromatic rings. The molecule has 0 radical (unpaired) electrons. The van der Waals surface area contributed by atoms with Gasteiger partial charge in [0.05, 0.1) is 14.7 Å². The van der Waals surface area contributed by atoms with Gasteiger partial charge in [-0.25, -0.2) is 4.79 Å². The Labute approximate surface area is 92.5 Å². The average Bonchev–Trinajstić information content (AvgIpc) is 2.12. The summed E-state index contributed by atoms with van der Waals surface area (Å²) in [6, 6.07) is 0. The molecule has 4 heteroatoms. The Kier molecular flexibility index (Phi) is 5.58. The first-order chi connectivity index (χ1) is 6.79. The SMILES string of the molecule is CCOC(=O)[C@@H](O)C=C=C(C)[Si](C)(C)C. The van der Waals surface area contributed by atoms with Crippen LogP contribution in [-0.4, -0.2) is 31.9 Å². The van der Waals surface area contributed by atoms with Crippen LogP contribution in [0.5, 0.6) is 0 Å². The number of hydrogen-bond donors (Lipinski definition) is 1. The van der Waals surface area contributed by atoms with E-state index in [1.807, 2.05) is 6.92 Å². The summed E-state index contributed by atoms with van der Waals surface area (Å²) in [7, 11) is -1.37. The van der Waals surface area contributed by atoms with Crippen molar-refractivity contribution in [2.24, 2.45) is 0 Å². The van der Waals surface area contributed by atoms with E-state index in [-0.39, 0.29) is 6.61 Å². The van der Waals surface area contributed by atoms with E-state index in [0.29, 0.717) is 0 Å². The predicted octanol–water partition coefficient (Wildman–Crippen LogP) is 1.89. The number of carbonyl (C=O) groups excluding carboxylic acids is 1. The number of esters is 1. The maximum absolute atomic E-state index is 11.1. The Morgan fingerprint density at radius 2 is 2.07 bits per heavy atom. The molecule has 0 bridgehead atoms. The van der Waals surface area contributed by atoms with Crippen molar-refractivity contribution in [1.29, 1.82) is 0 Å². The Hall–Kier alpha value is -0.833. The molecule has 0 aliphatic rings. The molecule has 1 atom stereocenters. The standard InChI is InChI=1S/C11H20O3Si/c1-6-14-11(13)10(12)8-7-9(2)15(3,4)5/h8,10,12H,6H2,1-5H3/t7?,10-/m0/s1. The van der Waals surface area contributed by atoms with Crippen LogP contribution >= 0.6 is 0 Å². The maximum Gasteiger partial charge on any atom is 0.339 e. The first-order valence-corrected chi connectivity index (χ1v) is 8.57. The van der Waals surface area contributed by atoms with Gasteiger partial charge in [0, 0.05) is 0 Å². The zero-order valence-corrected chi connectivity index (χ0v) is 11.1. The van der Waals surface area contributed by atoms with Crippen LogP contribution in [0.25, 0.3) is 0 Å². The molecule has 0 aromatic carbocycles. The predicted molar refractivity (Wildman–Crippen MR) is 63.3 cm³/mol. The van der Waals surface area contributed by atoms with Crippen molar-refractivity contribution >= 4 is 14.0 Å². The molecule has 0 fully saturated rings. The highest BCUT2D eigenvalue weighted by Crippen LogP contribution is 2.11. The minimum absolute atomic E-state index is 0.278. The van der Waals surface area contributed by atoms with Gasteiger partial charge in [-0.2, -0.15) is 0 Å². The van der Waals surface area contributed by atoms with Gasteiger partial charge in [-0.3, -0.25) is 0 Å². The van der Waals surface area contributed by atoms with E-state index in [9.17, 15) is 9.90 Å². The molecule has 1 N–H and O–H groups in total. The van der Waals surface area contributed by atoms with Crippen LogP contribution in [0.2, 0.25) is 19.6 Å². The van der Waals surface area contributed by atoms with Crippen molar-refractivity contribution in [1.82, 2.24) is 0 Å². The average molecular weight is 228 g/mol. The zero-order valence-electron chi connectivity index (χ0n) is 10.1. The molecule has 86 valence electrons. The summed E-state index contributed by atoms with van der Waals surface area (Å²) < 4.78 is 4.66. The summed E-state index contributed by atoms with van der Waals surface area (Å²) in [4.78, 5) is 11.1. The number of rotatable bonds is 4. The van der Waals surface area contributed by atoms with Gasteiger partial charge < -0.3 is 9.84 Å². The van der Waals surface area contributed by atoms with Crippen molar-refractivity contribution in [3.8, 4) is 0 Å². The summed E-state index contributed by atoms with van der Waals surface area (Å²) >= 11 is 0. The van der Waals surface area contributed by atoms with Crippen LogP contribution in [0, 0.1) is 0 Å². The highest BCUT2D eigenvalue weighted by Gasteiger charge is 2.16. The summed E-state index contributed by atoms with van der Waals surface area (Å²) in [6.45, 7) is 10.5. The van der Waals surface area contributed by atoms with E-state index >= 15 is 0 Å². The Bertz CT molecular complexity index is 283. The molecular weight excluding hydrogens is 208 g/mol. The fraction of sp³-hybridized carbons (Fsp3) is 0.636. The second kappa shape index (κ2) is 5.91. The molecule has 0 heterocycles. The van der Waals surface area contributed by atoms with Crippen LogP contribution in [-0.2, 0) is 9.53 Å². The molecule has 0 spiro atoms. The summed E-state index contributed by atoms with van der Waals surface area (Å²) in [5.74, 6) is -0.617. The quantitative estimate of drug-likeness (QED) is 0.454. The molecule has 0 aliphatic carbocycles. The molecule has 15 heavy (non-hydrogen) atoms. The molecule has 0 amide bonds. The molecule has 0 aromatic heterocycles. The van der Waals surface area contributed by atoms with E-state index in [1.165, 1.54) is 6.08 Å². The maximum atomic E-state index is 11.1. The van der Waals surface area contributed by atoms with Gasteiger partial charge in [0.25, 0.3) is 0 Å². The molecular formula is C11H20O3Si. The lowest BCUT2D eigenvalue weighted by Gasteiger charge is -2.14. The zero-order chi connectivity index (χ0) is 12.1. The van der Waals surface area contributed by atoms with E-state index in [0.717, 1.165) is 5.20 Å². The molecule has 0 saturated heterocycles. The van der Waals surface area contributed by atoms with Crippen LogP contribution in [0.15, 0.2) is 17.0 Å². The lowest BCUT2D eigenvalue weighted by Crippen LogP contribution is -2.22. The Balaban J connectivity index is 4.58. The van der Waals surface area contributed by atoms with Crippen LogP contribution in [0.3, 0.4) is 0 Å². The second-order valence-electron chi connectivity index (χ2n) is 4.38. The van der Waals surface area contributed by atoms with Crippen molar-refractivity contribution < 1.29 is 14.6 Å². The van der Waals surface area contributed by atoms with E-state index in [2.05, 4.69) is 30.1 Å². The molecule has 0 rings (SSSR count). The number of aliphatic hydroxyl groups is 1. The third-order valence-corrected chi connectivity index (χ3v) is 4.51. The van der Waals surface area contributed by atoms with Gasteiger partial charge in [-0.1, -0.05) is 19.6 Å². The fourth-order valence-electron chi connectivity index (χ4n) is 0.716. The summed E-state index contributed by atoms with van der Waals surface area (Å²) in [5.41, 5.74) is 2.96. The van der Waals surface area contributed by atoms with Crippen molar-refractivity contribution in [2.75, 3.05) is 6.61 Å². The van der Waals surface area contributed by atoms with E-state index in [4.69, 9.17) is 0 Å². The van der Waals surface area contributed by atoms with Crippen molar-refractivity contribution in [2.45, 2.75) is 39.6 Å². The lowest BCUT2D eigenvalue weighted by atomic mass is 10.3. The molecule has 0 aliphatic heterocycles. The Morgan fingerprint density at radius 3 is 2.47 bits per heavy atom. The second-order valence-corrected chi connectivity index (χ2v) is 9.63. The van der Waals surface area contributed by atoms with Crippen molar-refractivity contribution in [3.63, 3.8) is 0 Å². The molecule has 3 nitrogen and oxygen atoms in total. The smallest absolute Gasteiger partial charge is 0.339 e. The molecule has 0 unspecified atom stereocenters. The lowest BCUT2D eigenvalue weighted by molar-refractivity contribution is -0.150. The Morgan fingerprint density at radius 1 is 1.53 bits per heavy atom. The number of carbonyl (C=O) groups is 1. The van der Waals surface area contributed by atoms with Crippen LogP contribution < -0.4 is 0 Å². The van der Waals surface area contributed by atoms with E-state index < -0.39 is 20.1 Å². The number of aliphatic hydroxyl groups excluding tert-OH is 1. The van der Waals surface area contributed by atoms with Gasteiger partial charge in [0.15, 0.2) is 6.10 Å². The highest BCUT2D eigenvalue weighted by molar-refractivity contribution is 6.82. The van der Waals surface area contributed by atoms with Gasteiger partial charge in [-0.15, -0.1) is 5.73 Å². The van der Waals surface area contributed by atoms with Gasteiger partial charge >= 0.3 is 5.97 Å². The van der Waals surface area contributed by atoms with Gasteiger partial charge in [0.2, 0.25) is 0 Å². The highest BCUT2D eigenvalue weighted by atomic mass is 28.3. The third kappa shape index (κ3) is 5.57. The van der Waals surface area contributed by atoms with Crippen LogP contribution in [0.1, 0.15) is 13.8 Å². The number of ether oxygens (including phenoxy) is 1. The minimum Gasteiger partial charge on any atom is -0.464 e. The third-order valence-electron chi connectivity index (χ3n) is 2.11. The van der Waals surface area contributed by atoms with Crippen LogP contribution in [0.4, 0.5) is 0 Å². The fourth-order valence-corrected chi connectivity index (χ4v) is 1.23. The summed E-state index contributed by atoms with van der Waals surface area (Å²) in [5, 5.41) is 10.5. The van der Waals surface area contributed by atoms with E-state index in [1.54, 1.807) is 6.92 Å². The number of hydrogen-bond acceptors (Lipinski definition) is 3. The normalized spacial score (nSPS) is 12.7. The molecule has 0 saturated carbocycles.